The van der Waals surface area contributed by atoms with E-state index in [0.717, 1.165) is 0 Å². The van der Waals surface area contributed by atoms with E-state index in [1.807, 2.05) is 0 Å². The van der Waals surface area contributed by atoms with Gasteiger partial charge in [-0.1, -0.05) is 12.2 Å². The van der Waals surface area contributed by atoms with Crippen molar-refractivity contribution in [2.45, 2.75) is 25.9 Å². The van der Waals surface area contributed by atoms with E-state index in [2.05, 4.69) is 0 Å². The molecule has 0 N–H and O–H groups in total. The number of hydrogen-bond donors (Lipinski definition) is 0. The van der Waals surface area contributed by atoms with Crippen LogP contribution in [-0.2, 0) is 28.6 Å². The first-order valence-corrected chi connectivity index (χ1v) is 6.40. The molecule has 1 saturated carbocycles. The van der Waals surface area contributed by atoms with Crippen molar-refractivity contribution in [3.8, 4) is 0 Å². The van der Waals surface area contributed by atoms with Gasteiger partial charge < -0.3 is 14.2 Å². The second-order valence-electron chi connectivity index (χ2n) is 5.39. The molecule has 3 atom stereocenters. The summed E-state index contributed by atoms with van der Waals surface area (Å²) in [5, 5.41) is 0. The molecule has 110 valence electrons. The standard InChI is InChI=1S/C14H18O6/c1-5-6-8-9-10(15)20-13(9,2)7-14(8,11(16)18-3)12(17)19-4/h5-6,8-9H,7H2,1-4H3/b6-5+/t8-,9+,13+/m1/s1. The number of esters is 3. The van der Waals surface area contributed by atoms with Crippen LogP contribution in [0.5, 0.6) is 0 Å². The summed E-state index contributed by atoms with van der Waals surface area (Å²) in [5.74, 6) is -2.93. The van der Waals surface area contributed by atoms with Gasteiger partial charge in [0.15, 0.2) is 5.41 Å². The highest BCUT2D eigenvalue weighted by Gasteiger charge is 2.75. The SMILES string of the molecule is C/C=C/[C@@H]1[C@H]2C(=O)O[C@@]2(C)CC1(C(=O)OC)C(=O)OC. The van der Waals surface area contributed by atoms with E-state index in [4.69, 9.17) is 14.2 Å². The van der Waals surface area contributed by atoms with Crippen LogP contribution in [0.3, 0.4) is 0 Å². The van der Waals surface area contributed by atoms with Gasteiger partial charge in [0.1, 0.15) is 11.5 Å². The van der Waals surface area contributed by atoms with E-state index in [9.17, 15) is 14.4 Å². The van der Waals surface area contributed by atoms with Crippen molar-refractivity contribution in [2.75, 3.05) is 14.2 Å². The normalized spacial score (nSPS) is 34.1. The van der Waals surface area contributed by atoms with E-state index < -0.39 is 40.8 Å². The number of allylic oxidation sites excluding steroid dienone is 2. The average molecular weight is 282 g/mol. The molecule has 0 unspecified atom stereocenters. The molecular weight excluding hydrogens is 264 g/mol. The van der Waals surface area contributed by atoms with Crippen molar-refractivity contribution in [1.82, 2.24) is 0 Å². The quantitative estimate of drug-likeness (QED) is 0.330. The lowest BCUT2D eigenvalue weighted by Gasteiger charge is -2.41. The van der Waals surface area contributed by atoms with Gasteiger partial charge in [-0.3, -0.25) is 14.4 Å². The van der Waals surface area contributed by atoms with E-state index in [1.165, 1.54) is 14.2 Å². The largest absolute Gasteiger partial charge is 0.468 e. The predicted octanol–water partition coefficient (Wildman–Crippen LogP) is 0.847. The fraction of sp³-hybridized carbons (Fsp3) is 0.643. The van der Waals surface area contributed by atoms with Crippen molar-refractivity contribution in [1.29, 1.82) is 0 Å². The molecule has 1 aliphatic heterocycles. The molecule has 0 radical (unpaired) electrons. The zero-order valence-corrected chi connectivity index (χ0v) is 12.0. The van der Waals surface area contributed by atoms with E-state index in [-0.39, 0.29) is 6.42 Å². The number of carbonyl (C=O) groups is 3. The minimum absolute atomic E-state index is 0.0742. The van der Waals surface area contributed by atoms with Crippen molar-refractivity contribution in [3.63, 3.8) is 0 Å². The average Bonchev–Trinajstić information content (AvgIpc) is 2.62. The summed E-state index contributed by atoms with van der Waals surface area (Å²) in [7, 11) is 2.43. The Morgan fingerprint density at radius 3 is 2.25 bits per heavy atom. The van der Waals surface area contributed by atoms with Crippen LogP contribution >= 0.6 is 0 Å². The van der Waals surface area contributed by atoms with Crippen molar-refractivity contribution in [3.05, 3.63) is 12.2 Å². The second-order valence-corrected chi connectivity index (χ2v) is 5.39. The van der Waals surface area contributed by atoms with Crippen LogP contribution in [0.4, 0.5) is 0 Å². The van der Waals surface area contributed by atoms with Crippen molar-refractivity contribution in [2.24, 2.45) is 17.3 Å². The predicted molar refractivity (Wildman–Crippen MR) is 67.4 cm³/mol. The first-order chi connectivity index (χ1) is 9.37. The summed E-state index contributed by atoms with van der Waals surface area (Å²) < 4.78 is 14.8. The first kappa shape index (κ1) is 14.6. The smallest absolute Gasteiger partial charge is 0.324 e. The Balaban J connectivity index is 2.57. The maximum absolute atomic E-state index is 12.3. The number of ether oxygens (including phenoxy) is 3. The van der Waals surface area contributed by atoms with Crippen LogP contribution in [0, 0.1) is 17.3 Å². The lowest BCUT2D eigenvalue weighted by Crippen LogP contribution is -2.53. The molecule has 0 amide bonds. The Hall–Kier alpha value is -1.85. The molecule has 0 aromatic carbocycles. The van der Waals surface area contributed by atoms with Gasteiger partial charge in [0, 0.05) is 12.3 Å². The molecule has 2 fully saturated rings. The van der Waals surface area contributed by atoms with Crippen molar-refractivity contribution >= 4 is 17.9 Å². The van der Waals surface area contributed by atoms with Gasteiger partial charge >= 0.3 is 17.9 Å². The summed E-state index contributed by atoms with van der Waals surface area (Å²) >= 11 is 0. The molecule has 6 nitrogen and oxygen atoms in total. The van der Waals surface area contributed by atoms with Crippen LogP contribution in [0.2, 0.25) is 0 Å². The van der Waals surface area contributed by atoms with E-state index >= 15 is 0 Å². The topological polar surface area (TPSA) is 78.9 Å². The molecule has 20 heavy (non-hydrogen) atoms. The minimum Gasteiger partial charge on any atom is -0.468 e. The van der Waals surface area contributed by atoms with Crippen LogP contribution in [0.1, 0.15) is 20.3 Å². The Morgan fingerprint density at radius 2 is 1.85 bits per heavy atom. The fourth-order valence-electron chi connectivity index (χ4n) is 3.52. The summed E-state index contributed by atoms with van der Waals surface area (Å²) in [5.41, 5.74) is -2.36. The maximum atomic E-state index is 12.3. The lowest BCUT2D eigenvalue weighted by atomic mass is 9.74. The van der Waals surface area contributed by atoms with Gasteiger partial charge in [0.05, 0.1) is 14.2 Å². The molecule has 0 aromatic rings. The zero-order chi connectivity index (χ0) is 15.1. The number of methoxy groups -OCH3 is 2. The van der Waals surface area contributed by atoms with Gasteiger partial charge in [-0.15, -0.1) is 0 Å². The van der Waals surface area contributed by atoms with E-state index in [0.29, 0.717) is 0 Å². The molecule has 1 aliphatic carbocycles. The molecule has 2 rings (SSSR count). The first-order valence-electron chi connectivity index (χ1n) is 6.40. The van der Waals surface area contributed by atoms with Crippen LogP contribution in [0.15, 0.2) is 12.2 Å². The third-order valence-electron chi connectivity index (χ3n) is 4.30. The summed E-state index contributed by atoms with van der Waals surface area (Å²) in [6, 6.07) is 0. The number of hydrogen-bond acceptors (Lipinski definition) is 6. The molecule has 2 aliphatic rings. The highest BCUT2D eigenvalue weighted by Crippen LogP contribution is 2.60. The van der Waals surface area contributed by atoms with Gasteiger partial charge in [0.2, 0.25) is 0 Å². The highest BCUT2D eigenvalue weighted by molar-refractivity contribution is 6.03. The Morgan fingerprint density at radius 1 is 1.30 bits per heavy atom. The maximum Gasteiger partial charge on any atom is 0.324 e. The number of carbonyl (C=O) groups excluding carboxylic acids is 3. The van der Waals surface area contributed by atoms with Crippen LogP contribution in [0.25, 0.3) is 0 Å². The third kappa shape index (κ3) is 1.60. The summed E-state index contributed by atoms with van der Waals surface area (Å²) in [4.78, 5) is 36.3. The molecule has 1 heterocycles. The van der Waals surface area contributed by atoms with Gasteiger partial charge in [-0.05, 0) is 13.8 Å². The Kier molecular flexibility index (Phi) is 3.36. The number of fused-ring (bicyclic) bond motifs is 1. The monoisotopic (exact) mass is 282 g/mol. The number of rotatable bonds is 3. The second kappa shape index (κ2) is 4.61. The van der Waals surface area contributed by atoms with Crippen molar-refractivity contribution < 1.29 is 28.6 Å². The fourth-order valence-corrected chi connectivity index (χ4v) is 3.52. The van der Waals surface area contributed by atoms with Gasteiger partial charge in [0.25, 0.3) is 0 Å². The van der Waals surface area contributed by atoms with Gasteiger partial charge in [-0.2, -0.15) is 0 Å². The Bertz CT molecular complexity index is 478. The van der Waals surface area contributed by atoms with E-state index in [1.54, 1.807) is 26.0 Å². The molecule has 1 saturated heterocycles. The Labute approximate surface area is 117 Å². The van der Waals surface area contributed by atoms with Crippen LogP contribution in [-0.4, -0.2) is 37.7 Å². The molecule has 0 spiro atoms. The summed E-state index contributed by atoms with van der Waals surface area (Å²) in [6.07, 6.45) is 3.47. The minimum atomic E-state index is -1.53. The third-order valence-corrected chi connectivity index (χ3v) is 4.30. The molecule has 6 heteroatoms. The zero-order valence-electron chi connectivity index (χ0n) is 12.0. The summed E-state index contributed by atoms with van der Waals surface area (Å²) in [6.45, 7) is 3.49. The highest BCUT2D eigenvalue weighted by atomic mass is 16.6. The molecule has 0 bridgehead atoms. The lowest BCUT2D eigenvalue weighted by molar-refractivity contribution is -0.204. The molecular formula is C14H18O6. The van der Waals surface area contributed by atoms with Crippen LogP contribution < -0.4 is 0 Å². The molecule has 0 aromatic heterocycles. The van der Waals surface area contributed by atoms with Gasteiger partial charge in [-0.25, -0.2) is 0 Å².